The second kappa shape index (κ2) is 2.43. The molecule has 10 heavy (non-hydrogen) atoms. The molecule has 0 aliphatic heterocycles. The molecule has 0 saturated carbocycles. The first-order chi connectivity index (χ1) is 4.75. The van der Waals surface area contributed by atoms with Crippen LogP contribution in [0.5, 0.6) is 0 Å². The Balaban J connectivity index is 3.04. The monoisotopic (exact) mass is 137 g/mol. The summed E-state index contributed by atoms with van der Waals surface area (Å²) in [6.45, 7) is 3.34. The van der Waals surface area contributed by atoms with Crippen LogP contribution < -0.4 is 0 Å². The lowest BCUT2D eigenvalue weighted by atomic mass is 10.3. The van der Waals surface area contributed by atoms with Gasteiger partial charge in [-0.1, -0.05) is 11.8 Å². The first-order valence-electron chi connectivity index (χ1n) is 2.77. The maximum absolute atomic E-state index is 10.9. The second-order valence-corrected chi connectivity index (χ2v) is 1.81. The highest BCUT2D eigenvalue weighted by atomic mass is 16.1. The van der Waals surface area contributed by atoms with Gasteiger partial charge in [-0.25, -0.2) is 4.68 Å². The molecule has 0 spiro atoms. The number of carbonyl (C=O) groups is 1. The molecule has 0 saturated heterocycles. The van der Waals surface area contributed by atoms with E-state index in [4.69, 9.17) is 0 Å². The van der Waals surface area contributed by atoms with Crippen LogP contribution in [-0.4, -0.2) is 20.8 Å². The van der Waals surface area contributed by atoms with E-state index in [1.807, 2.05) is 0 Å². The van der Waals surface area contributed by atoms with E-state index >= 15 is 0 Å². The zero-order valence-electron chi connectivity index (χ0n) is 5.61. The third-order valence-electron chi connectivity index (χ3n) is 1.15. The van der Waals surface area contributed by atoms with Crippen LogP contribution in [0.3, 0.4) is 0 Å². The third kappa shape index (κ3) is 0.953. The molecular formula is C6H7N3O. The van der Waals surface area contributed by atoms with Crippen LogP contribution in [0.2, 0.25) is 0 Å². The molecule has 0 radical (unpaired) electrons. The van der Waals surface area contributed by atoms with Crippen molar-refractivity contribution in [1.29, 1.82) is 0 Å². The Morgan fingerprint density at radius 2 is 2.60 bits per heavy atom. The third-order valence-corrected chi connectivity index (χ3v) is 1.15. The summed E-state index contributed by atoms with van der Waals surface area (Å²) in [5.41, 5.74) is 0.454. The van der Waals surface area contributed by atoms with Gasteiger partial charge in [-0.15, -0.1) is 5.10 Å². The molecular weight excluding hydrogens is 130 g/mol. The van der Waals surface area contributed by atoms with E-state index in [9.17, 15) is 4.79 Å². The minimum absolute atomic E-state index is 0.160. The Morgan fingerprint density at radius 3 is 3.00 bits per heavy atom. The van der Waals surface area contributed by atoms with E-state index in [-0.39, 0.29) is 5.78 Å². The Bertz CT molecular complexity index is 264. The smallest absolute Gasteiger partial charge is 0.204 e. The molecule has 1 heterocycles. The van der Waals surface area contributed by atoms with E-state index in [1.165, 1.54) is 17.0 Å². The van der Waals surface area contributed by atoms with Gasteiger partial charge in [0.15, 0.2) is 0 Å². The lowest BCUT2D eigenvalue weighted by Gasteiger charge is -1.91. The number of carbonyl (C=O) groups excluding carboxylic acids is 1. The second-order valence-electron chi connectivity index (χ2n) is 1.81. The molecule has 0 N–H and O–H groups in total. The number of rotatable bonds is 2. The highest BCUT2D eigenvalue weighted by Crippen LogP contribution is 1.94. The van der Waals surface area contributed by atoms with Gasteiger partial charge in [0.05, 0.1) is 6.20 Å². The van der Waals surface area contributed by atoms with Gasteiger partial charge in [0.25, 0.3) is 0 Å². The average molecular weight is 137 g/mol. The molecule has 1 aromatic heterocycles. The molecule has 1 aromatic rings. The van der Waals surface area contributed by atoms with Gasteiger partial charge in [0, 0.05) is 7.05 Å². The molecule has 52 valence electrons. The number of hydrogen-bond donors (Lipinski definition) is 0. The van der Waals surface area contributed by atoms with E-state index in [0.717, 1.165) is 0 Å². The molecule has 0 aromatic carbocycles. The van der Waals surface area contributed by atoms with Crippen molar-refractivity contribution in [3.63, 3.8) is 0 Å². The molecule has 0 aliphatic carbocycles. The Morgan fingerprint density at radius 1 is 1.90 bits per heavy atom. The molecule has 0 unspecified atom stereocenters. The normalized spacial score (nSPS) is 9.30. The van der Waals surface area contributed by atoms with E-state index in [0.29, 0.717) is 5.69 Å². The Labute approximate surface area is 58.2 Å². The summed E-state index contributed by atoms with van der Waals surface area (Å²) < 4.78 is 1.41. The van der Waals surface area contributed by atoms with Crippen molar-refractivity contribution in [3.05, 3.63) is 24.5 Å². The average Bonchev–Trinajstić information content (AvgIpc) is 2.34. The van der Waals surface area contributed by atoms with Crippen LogP contribution >= 0.6 is 0 Å². The van der Waals surface area contributed by atoms with Gasteiger partial charge in [0.1, 0.15) is 5.69 Å². The van der Waals surface area contributed by atoms with Crippen molar-refractivity contribution < 1.29 is 4.79 Å². The van der Waals surface area contributed by atoms with E-state index < -0.39 is 0 Å². The summed E-state index contributed by atoms with van der Waals surface area (Å²) in [5.74, 6) is -0.160. The summed E-state index contributed by atoms with van der Waals surface area (Å²) in [6, 6.07) is 0. The van der Waals surface area contributed by atoms with Crippen LogP contribution in [0.4, 0.5) is 0 Å². The van der Waals surface area contributed by atoms with E-state index in [1.54, 1.807) is 7.05 Å². The number of nitrogens with zero attached hydrogens (tertiary/aromatic N) is 3. The first kappa shape index (κ1) is 6.67. The number of allylic oxidation sites excluding steroid dienone is 1. The summed E-state index contributed by atoms with van der Waals surface area (Å²) in [6.07, 6.45) is 2.64. The van der Waals surface area contributed by atoms with Crippen LogP contribution in [0.1, 0.15) is 10.5 Å². The quantitative estimate of drug-likeness (QED) is 0.431. The topological polar surface area (TPSA) is 47.8 Å². The fourth-order valence-corrected chi connectivity index (χ4v) is 0.617. The summed E-state index contributed by atoms with van der Waals surface area (Å²) in [7, 11) is 1.66. The minimum Gasteiger partial charge on any atom is -0.288 e. The standard InChI is InChI=1S/C6H7N3O/c1-3-6(10)5-4-7-8-9(5)2/h3-4H,1H2,2H3. The molecule has 4 nitrogen and oxygen atoms in total. The molecule has 4 heteroatoms. The predicted octanol–water partition coefficient (Wildman–Crippen LogP) is 0.184. The first-order valence-corrected chi connectivity index (χ1v) is 2.77. The van der Waals surface area contributed by atoms with Gasteiger partial charge in [0.2, 0.25) is 5.78 Å². The maximum atomic E-state index is 10.9. The Hall–Kier alpha value is -1.45. The maximum Gasteiger partial charge on any atom is 0.204 e. The van der Waals surface area contributed by atoms with Crippen LogP contribution in [0.25, 0.3) is 0 Å². The lowest BCUT2D eigenvalue weighted by Crippen LogP contribution is -2.03. The largest absolute Gasteiger partial charge is 0.288 e. The van der Waals surface area contributed by atoms with Gasteiger partial charge < -0.3 is 0 Å². The number of hydrogen-bond acceptors (Lipinski definition) is 3. The zero-order valence-corrected chi connectivity index (χ0v) is 5.61. The predicted molar refractivity (Wildman–Crippen MR) is 35.5 cm³/mol. The van der Waals surface area contributed by atoms with Gasteiger partial charge >= 0.3 is 0 Å². The van der Waals surface area contributed by atoms with Crippen molar-refractivity contribution >= 4 is 5.78 Å². The SMILES string of the molecule is C=CC(=O)c1cnnn1C. The van der Waals surface area contributed by atoms with Crippen LogP contribution in [-0.2, 0) is 7.05 Å². The van der Waals surface area contributed by atoms with Gasteiger partial charge in [-0.3, -0.25) is 4.79 Å². The number of aromatic nitrogens is 3. The lowest BCUT2D eigenvalue weighted by molar-refractivity contribution is 0.103. The fourth-order valence-electron chi connectivity index (χ4n) is 0.617. The highest BCUT2D eigenvalue weighted by Gasteiger charge is 2.04. The van der Waals surface area contributed by atoms with Crippen LogP contribution in [0, 0.1) is 0 Å². The zero-order chi connectivity index (χ0) is 7.56. The van der Waals surface area contributed by atoms with Gasteiger partial charge in [-0.05, 0) is 6.08 Å². The van der Waals surface area contributed by atoms with Gasteiger partial charge in [-0.2, -0.15) is 0 Å². The van der Waals surface area contributed by atoms with E-state index in [2.05, 4.69) is 16.9 Å². The molecule has 0 amide bonds. The Kier molecular flexibility index (Phi) is 1.62. The molecule has 1 rings (SSSR count). The molecule has 0 fully saturated rings. The summed E-state index contributed by atoms with van der Waals surface area (Å²) in [4.78, 5) is 10.9. The van der Waals surface area contributed by atoms with Crippen LogP contribution in [0.15, 0.2) is 18.9 Å². The highest BCUT2D eigenvalue weighted by molar-refractivity contribution is 6.02. The molecule has 0 bridgehead atoms. The fraction of sp³-hybridized carbons (Fsp3) is 0.167. The molecule has 0 aliphatic rings. The number of ketones is 1. The van der Waals surface area contributed by atoms with Crippen molar-refractivity contribution in [2.45, 2.75) is 0 Å². The molecule has 0 atom stereocenters. The van der Waals surface area contributed by atoms with Crippen molar-refractivity contribution in [2.75, 3.05) is 0 Å². The summed E-state index contributed by atoms with van der Waals surface area (Å²) >= 11 is 0. The summed E-state index contributed by atoms with van der Waals surface area (Å²) in [5, 5.41) is 7.12. The van der Waals surface area contributed by atoms with Crippen molar-refractivity contribution in [1.82, 2.24) is 15.0 Å². The van der Waals surface area contributed by atoms with Crippen molar-refractivity contribution in [2.24, 2.45) is 7.05 Å². The van der Waals surface area contributed by atoms with Crippen molar-refractivity contribution in [3.8, 4) is 0 Å². The minimum atomic E-state index is -0.160. The number of aryl methyl sites for hydroxylation is 1.